The molecule has 25 heavy (non-hydrogen) atoms. The Kier molecular flexibility index (Phi) is 4.83. The molecule has 2 aliphatic rings. The Morgan fingerprint density at radius 2 is 1.88 bits per heavy atom. The van der Waals surface area contributed by atoms with Crippen LogP contribution in [0.15, 0.2) is 36.4 Å². The summed E-state index contributed by atoms with van der Waals surface area (Å²) in [4.78, 5) is 13.0. The van der Waals surface area contributed by atoms with Crippen molar-refractivity contribution < 1.29 is 9.53 Å². The van der Waals surface area contributed by atoms with Gasteiger partial charge in [-0.1, -0.05) is 39.3 Å². The molecule has 2 heteroatoms. The van der Waals surface area contributed by atoms with E-state index in [0.29, 0.717) is 23.7 Å². The Morgan fingerprint density at radius 1 is 1.20 bits per heavy atom. The van der Waals surface area contributed by atoms with Gasteiger partial charge in [0, 0.05) is 12.0 Å². The Balaban J connectivity index is 1.83. The second-order valence-electron chi connectivity index (χ2n) is 9.01. The predicted octanol–water partition coefficient (Wildman–Crippen LogP) is 6.07. The average molecular weight is 341 g/mol. The normalized spacial score (nSPS) is 31.3. The maximum atomic E-state index is 13.0. The first kappa shape index (κ1) is 18.2. The van der Waals surface area contributed by atoms with Gasteiger partial charge in [0.2, 0.25) is 0 Å². The van der Waals surface area contributed by atoms with Crippen molar-refractivity contribution in [2.45, 2.75) is 59.3 Å². The molecule has 0 aromatic heterocycles. The first-order valence-corrected chi connectivity index (χ1v) is 9.63. The summed E-state index contributed by atoms with van der Waals surface area (Å²) in [6.07, 6.45) is 6.69. The maximum Gasteiger partial charge on any atom is 0.163 e. The van der Waals surface area contributed by atoms with Crippen molar-refractivity contribution in [2.24, 2.45) is 22.7 Å². The van der Waals surface area contributed by atoms with E-state index >= 15 is 0 Å². The Hall–Kier alpha value is -1.57. The molecule has 3 atom stereocenters. The molecule has 0 amide bonds. The van der Waals surface area contributed by atoms with Crippen molar-refractivity contribution in [3.63, 3.8) is 0 Å². The molecule has 0 radical (unpaired) electrons. The van der Waals surface area contributed by atoms with Crippen LogP contribution in [0.4, 0.5) is 0 Å². The van der Waals surface area contributed by atoms with Crippen LogP contribution in [0, 0.1) is 22.7 Å². The summed E-state index contributed by atoms with van der Waals surface area (Å²) >= 11 is 0. The van der Waals surface area contributed by atoms with Crippen LogP contribution in [-0.4, -0.2) is 12.9 Å². The van der Waals surface area contributed by atoms with Gasteiger partial charge in [-0.2, -0.15) is 0 Å². The fourth-order valence-electron chi connectivity index (χ4n) is 5.73. The van der Waals surface area contributed by atoms with E-state index in [-0.39, 0.29) is 11.2 Å². The van der Waals surface area contributed by atoms with Crippen LogP contribution < -0.4 is 4.74 Å². The van der Waals surface area contributed by atoms with E-state index in [4.69, 9.17) is 4.74 Å². The predicted molar refractivity (Wildman–Crippen MR) is 103 cm³/mol. The molecule has 2 saturated carbocycles. The lowest BCUT2D eigenvalue weighted by atomic mass is 9.47. The van der Waals surface area contributed by atoms with Gasteiger partial charge in [-0.3, -0.25) is 4.79 Å². The number of fused-ring (bicyclic) bond motifs is 1. The van der Waals surface area contributed by atoms with Crippen LogP contribution in [0.2, 0.25) is 0 Å². The smallest absolute Gasteiger partial charge is 0.163 e. The van der Waals surface area contributed by atoms with Crippen LogP contribution in [0.5, 0.6) is 5.75 Å². The van der Waals surface area contributed by atoms with Gasteiger partial charge in [-0.05, 0) is 72.6 Å². The third-order valence-electron chi connectivity index (χ3n) is 7.12. The van der Waals surface area contributed by atoms with E-state index in [1.165, 1.54) is 31.3 Å². The highest BCUT2D eigenvalue weighted by atomic mass is 16.5. The number of benzene rings is 1. The zero-order valence-corrected chi connectivity index (χ0v) is 16.2. The molecule has 1 aromatic carbocycles. The fraction of sp³-hybridized carbons (Fsp3) is 0.609. The molecule has 0 saturated heterocycles. The van der Waals surface area contributed by atoms with E-state index in [1.807, 2.05) is 24.3 Å². The molecular weight excluding hydrogens is 308 g/mol. The average Bonchev–Trinajstić information content (AvgIpc) is 2.57. The summed E-state index contributed by atoms with van der Waals surface area (Å²) < 4.78 is 5.20. The lowest BCUT2D eigenvalue weighted by molar-refractivity contribution is -0.0519. The maximum absolute atomic E-state index is 13.0. The van der Waals surface area contributed by atoms with E-state index < -0.39 is 0 Å². The van der Waals surface area contributed by atoms with Gasteiger partial charge >= 0.3 is 0 Å². The molecule has 0 heterocycles. The molecule has 136 valence electrons. The first-order valence-electron chi connectivity index (χ1n) is 9.63. The molecule has 0 N–H and O–H groups in total. The SMILES string of the molecule is C=C1CC[C@H]2C(C)(C)CCC[C@]2(C)[C@H]1CC(=O)c1ccc(OC)cc1. The van der Waals surface area contributed by atoms with Crippen molar-refractivity contribution in [1.82, 2.24) is 0 Å². The monoisotopic (exact) mass is 340 g/mol. The Morgan fingerprint density at radius 3 is 2.52 bits per heavy atom. The van der Waals surface area contributed by atoms with E-state index in [1.54, 1.807) is 7.11 Å². The van der Waals surface area contributed by atoms with Gasteiger partial charge in [0.15, 0.2) is 5.78 Å². The van der Waals surface area contributed by atoms with Crippen molar-refractivity contribution in [3.8, 4) is 5.75 Å². The minimum atomic E-state index is 0.208. The van der Waals surface area contributed by atoms with Gasteiger partial charge in [0.05, 0.1) is 7.11 Å². The number of hydrogen-bond donors (Lipinski definition) is 0. The third-order valence-corrected chi connectivity index (χ3v) is 7.12. The summed E-state index contributed by atoms with van der Waals surface area (Å²) in [5.41, 5.74) is 2.65. The number of rotatable bonds is 4. The van der Waals surface area contributed by atoms with Crippen molar-refractivity contribution in [1.29, 1.82) is 0 Å². The van der Waals surface area contributed by atoms with Crippen LogP contribution in [-0.2, 0) is 0 Å². The largest absolute Gasteiger partial charge is 0.497 e. The fourth-order valence-corrected chi connectivity index (χ4v) is 5.73. The highest BCUT2D eigenvalue weighted by Crippen LogP contribution is 2.61. The molecule has 0 bridgehead atoms. The molecule has 2 nitrogen and oxygen atoms in total. The van der Waals surface area contributed by atoms with Gasteiger partial charge in [0.1, 0.15) is 5.75 Å². The molecule has 0 unspecified atom stereocenters. The number of Topliss-reactive ketones (excluding diaryl/α,β-unsaturated/α-hetero) is 1. The van der Waals surface area contributed by atoms with Crippen molar-refractivity contribution in [2.75, 3.05) is 7.11 Å². The second-order valence-corrected chi connectivity index (χ2v) is 9.01. The Labute approximate surface area is 152 Å². The lowest BCUT2D eigenvalue weighted by Gasteiger charge is -2.58. The van der Waals surface area contributed by atoms with Crippen LogP contribution in [0.3, 0.4) is 0 Å². The number of ketones is 1. The molecule has 2 fully saturated rings. The molecule has 0 aliphatic heterocycles. The summed E-state index contributed by atoms with van der Waals surface area (Å²) in [5.74, 6) is 2.02. The first-order chi connectivity index (χ1) is 11.8. The van der Waals surface area contributed by atoms with Crippen LogP contribution >= 0.6 is 0 Å². The zero-order valence-electron chi connectivity index (χ0n) is 16.2. The third kappa shape index (κ3) is 3.28. The summed E-state index contributed by atoms with van der Waals surface area (Å²) in [5, 5.41) is 0. The van der Waals surface area contributed by atoms with Gasteiger partial charge in [-0.25, -0.2) is 0 Å². The minimum absolute atomic E-state index is 0.208. The van der Waals surface area contributed by atoms with E-state index in [9.17, 15) is 4.79 Å². The molecule has 3 rings (SSSR count). The quantitative estimate of drug-likeness (QED) is 0.491. The zero-order chi connectivity index (χ0) is 18.2. The molecule has 2 aliphatic carbocycles. The van der Waals surface area contributed by atoms with Crippen molar-refractivity contribution in [3.05, 3.63) is 42.0 Å². The Bertz CT molecular complexity index is 655. The summed E-state index contributed by atoms with van der Waals surface area (Å²) in [6.45, 7) is 11.7. The summed E-state index contributed by atoms with van der Waals surface area (Å²) in [7, 11) is 1.65. The lowest BCUT2D eigenvalue weighted by Crippen LogP contribution is -2.49. The summed E-state index contributed by atoms with van der Waals surface area (Å²) in [6, 6.07) is 7.52. The number of allylic oxidation sites excluding steroid dienone is 1. The van der Waals surface area contributed by atoms with Gasteiger partial charge < -0.3 is 4.74 Å². The topological polar surface area (TPSA) is 26.3 Å². The molecular formula is C23H32O2. The number of carbonyl (C=O) groups is 1. The molecule has 0 spiro atoms. The number of ether oxygens (including phenoxy) is 1. The van der Waals surface area contributed by atoms with E-state index in [2.05, 4.69) is 27.4 Å². The standard InChI is InChI=1S/C23H32O2/c1-16-7-12-21-22(2,3)13-6-14-23(21,4)19(16)15-20(24)17-8-10-18(25-5)11-9-17/h8-11,19,21H,1,6-7,12-15H2,2-5H3/t19-,21-,23+/m0/s1. The number of methoxy groups -OCH3 is 1. The van der Waals surface area contributed by atoms with Crippen LogP contribution in [0.1, 0.15) is 69.7 Å². The number of carbonyl (C=O) groups excluding carboxylic acids is 1. The number of hydrogen-bond acceptors (Lipinski definition) is 2. The van der Waals surface area contributed by atoms with Gasteiger partial charge in [0.25, 0.3) is 0 Å². The molecule has 1 aromatic rings. The van der Waals surface area contributed by atoms with Gasteiger partial charge in [-0.15, -0.1) is 0 Å². The van der Waals surface area contributed by atoms with Crippen LogP contribution in [0.25, 0.3) is 0 Å². The highest BCUT2D eigenvalue weighted by Gasteiger charge is 2.53. The second kappa shape index (κ2) is 6.63. The minimum Gasteiger partial charge on any atom is -0.497 e. The van der Waals surface area contributed by atoms with E-state index in [0.717, 1.165) is 17.7 Å². The van der Waals surface area contributed by atoms with Crippen molar-refractivity contribution >= 4 is 5.78 Å². The highest BCUT2D eigenvalue weighted by molar-refractivity contribution is 5.96.